The molecule has 0 amide bonds. The Kier molecular flexibility index (Phi) is 3.50. The number of aromatic nitrogens is 3. The normalized spacial score (nSPS) is 27.1. The summed E-state index contributed by atoms with van der Waals surface area (Å²) in [6, 6.07) is 2.06. The molecule has 1 fully saturated rings. The molecule has 3 rings (SSSR count). The number of imidazole rings is 1. The molecule has 1 aliphatic carbocycles. The summed E-state index contributed by atoms with van der Waals surface area (Å²) >= 11 is 0. The molecule has 0 bridgehead atoms. The number of hydrogen-bond donors (Lipinski definition) is 1. The van der Waals surface area contributed by atoms with Gasteiger partial charge in [0.1, 0.15) is 11.3 Å². The average Bonchev–Trinajstić information content (AvgIpc) is 2.87. The maximum atomic E-state index is 6.19. The van der Waals surface area contributed by atoms with Crippen molar-refractivity contribution in [3.8, 4) is 0 Å². The Morgan fingerprint density at radius 2 is 2.15 bits per heavy atom. The Hall–Kier alpha value is -1.42. The highest BCUT2D eigenvalue weighted by molar-refractivity contribution is 5.75. The quantitative estimate of drug-likeness (QED) is 0.934. The standard InChI is InChI=1S/C16H24N4/c1-3-20-14-6-9-18-10-13(14)19-15(20)16(11-17)7-4-12(2)5-8-16/h6,9-10,12H,3-5,7-8,11,17H2,1-2H3. The molecular formula is C16H24N4. The van der Waals surface area contributed by atoms with E-state index in [9.17, 15) is 0 Å². The summed E-state index contributed by atoms with van der Waals surface area (Å²) in [6.45, 7) is 6.15. The Morgan fingerprint density at radius 3 is 2.80 bits per heavy atom. The SMILES string of the molecule is CCn1c(C2(CN)CCC(C)CC2)nc2cnccc21. The third-order valence-corrected chi connectivity index (χ3v) is 4.96. The molecule has 0 aromatic carbocycles. The zero-order valence-electron chi connectivity index (χ0n) is 12.5. The molecule has 1 saturated carbocycles. The molecule has 0 radical (unpaired) electrons. The van der Waals surface area contributed by atoms with Crippen molar-refractivity contribution in [2.24, 2.45) is 11.7 Å². The van der Waals surface area contributed by atoms with E-state index in [2.05, 4.69) is 29.5 Å². The van der Waals surface area contributed by atoms with Crippen molar-refractivity contribution < 1.29 is 0 Å². The second kappa shape index (κ2) is 5.17. The van der Waals surface area contributed by atoms with Crippen LogP contribution in [-0.2, 0) is 12.0 Å². The van der Waals surface area contributed by atoms with E-state index < -0.39 is 0 Å². The molecule has 4 heteroatoms. The highest BCUT2D eigenvalue weighted by Crippen LogP contribution is 2.41. The van der Waals surface area contributed by atoms with E-state index in [0.29, 0.717) is 6.54 Å². The highest BCUT2D eigenvalue weighted by Gasteiger charge is 2.38. The van der Waals surface area contributed by atoms with Gasteiger partial charge in [0.25, 0.3) is 0 Å². The minimum Gasteiger partial charge on any atom is -0.329 e. The van der Waals surface area contributed by atoms with Gasteiger partial charge in [-0.3, -0.25) is 4.98 Å². The van der Waals surface area contributed by atoms with Crippen LogP contribution in [0.1, 0.15) is 45.4 Å². The van der Waals surface area contributed by atoms with Crippen LogP contribution in [0.2, 0.25) is 0 Å². The molecule has 4 nitrogen and oxygen atoms in total. The number of pyridine rings is 1. The fourth-order valence-electron chi connectivity index (χ4n) is 3.54. The zero-order chi connectivity index (χ0) is 14.2. The maximum Gasteiger partial charge on any atom is 0.117 e. The van der Waals surface area contributed by atoms with Crippen LogP contribution < -0.4 is 5.73 Å². The van der Waals surface area contributed by atoms with Crippen LogP contribution in [0.15, 0.2) is 18.5 Å². The minimum absolute atomic E-state index is 0.0571. The van der Waals surface area contributed by atoms with E-state index in [1.54, 1.807) is 0 Å². The molecule has 1 aliphatic rings. The third-order valence-electron chi connectivity index (χ3n) is 4.96. The first-order chi connectivity index (χ1) is 9.70. The predicted octanol–water partition coefficient (Wildman–Crippen LogP) is 2.86. The van der Waals surface area contributed by atoms with Gasteiger partial charge in [-0.2, -0.15) is 0 Å². The molecule has 2 heterocycles. The summed E-state index contributed by atoms with van der Waals surface area (Å²) in [4.78, 5) is 9.10. The van der Waals surface area contributed by atoms with Gasteiger partial charge in [0.05, 0.1) is 11.7 Å². The summed E-state index contributed by atoms with van der Waals surface area (Å²) in [7, 11) is 0. The molecule has 0 atom stereocenters. The number of rotatable bonds is 3. The smallest absolute Gasteiger partial charge is 0.117 e. The fraction of sp³-hybridized carbons (Fsp3) is 0.625. The van der Waals surface area contributed by atoms with E-state index >= 15 is 0 Å². The van der Waals surface area contributed by atoms with E-state index in [4.69, 9.17) is 10.7 Å². The van der Waals surface area contributed by atoms with E-state index in [-0.39, 0.29) is 5.41 Å². The van der Waals surface area contributed by atoms with Crippen molar-refractivity contribution in [1.82, 2.24) is 14.5 Å². The van der Waals surface area contributed by atoms with E-state index in [1.165, 1.54) is 24.2 Å². The van der Waals surface area contributed by atoms with Gasteiger partial charge in [-0.15, -0.1) is 0 Å². The number of nitrogens with two attached hydrogens (primary N) is 1. The largest absolute Gasteiger partial charge is 0.329 e. The van der Waals surface area contributed by atoms with Crippen LogP contribution in [-0.4, -0.2) is 21.1 Å². The number of fused-ring (bicyclic) bond motifs is 1. The fourth-order valence-corrected chi connectivity index (χ4v) is 3.54. The van der Waals surface area contributed by atoms with Gasteiger partial charge in [-0.25, -0.2) is 4.98 Å². The zero-order valence-corrected chi connectivity index (χ0v) is 12.5. The van der Waals surface area contributed by atoms with E-state index in [1.807, 2.05) is 12.4 Å². The number of nitrogens with zero attached hydrogens (tertiary/aromatic N) is 3. The number of hydrogen-bond acceptors (Lipinski definition) is 3. The third kappa shape index (κ3) is 2.03. The second-order valence-corrected chi connectivity index (χ2v) is 6.21. The topological polar surface area (TPSA) is 56.7 Å². The van der Waals surface area contributed by atoms with Crippen molar-refractivity contribution >= 4 is 11.0 Å². The molecule has 0 unspecified atom stereocenters. The summed E-state index contributed by atoms with van der Waals surface area (Å²) < 4.78 is 2.33. The molecule has 2 N–H and O–H groups in total. The summed E-state index contributed by atoms with van der Waals surface area (Å²) in [5.41, 5.74) is 8.43. The van der Waals surface area contributed by atoms with Gasteiger partial charge in [-0.1, -0.05) is 6.92 Å². The van der Waals surface area contributed by atoms with Crippen LogP contribution >= 0.6 is 0 Å². The lowest BCUT2D eigenvalue weighted by Crippen LogP contribution is -2.41. The van der Waals surface area contributed by atoms with Gasteiger partial charge in [-0.05, 0) is 44.6 Å². The summed E-state index contributed by atoms with van der Waals surface area (Å²) in [6.07, 6.45) is 8.52. The van der Waals surface area contributed by atoms with Gasteiger partial charge >= 0.3 is 0 Å². The van der Waals surface area contributed by atoms with Crippen LogP contribution in [0.3, 0.4) is 0 Å². The second-order valence-electron chi connectivity index (χ2n) is 6.21. The number of aryl methyl sites for hydroxylation is 1. The Balaban J connectivity index is 2.12. The highest BCUT2D eigenvalue weighted by atomic mass is 15.1. The Bertz CT molecular complexity index is 594. The molecule has 0 saturated heterocycles. The van der Waals surface area contributed by atoms with Crippen LogP contribution in [0.4, 0.5) is 0 Å². The van der Waals surface area contributed by atoms with Crippen molar-refractivity contribution in [1.29, 1.82) is 0 Å². The van der Waals surface area contributed by atoms with Crippen molar-refractivity contribution in [3.05, 3.63) is 24.3 Å². The van der Waals surface area contributed by atoms with Crippen LogP contribution in [0.25, 0.3) is 11.0 Å². The molecule has 20 heavy (non-hydrogen) atoms. The Morgan fingerprint density at radius 1 is 1.40 bits per heavy atom. The molecular weight excluding hydrogens is 248 g/mol. The first-order valence-corrected chi connectivity index (χ1v) is 7.71. The maximum absolute atomic E-state index is 6.19. The first kappa shape index (κ1) is 13.6. The lowest BCUT2D eigenvalue weighted by molar-refractivity contribution is 0.232. The minimum atomic E-state index is 0.0571. The molecule has 0 aliphatic heterocycles. The lowest BCUT2D eigenvalue weighted by atomic mass is 9.70. The van der Waals surface area contributed by atoms with Crippen molar-refractivity contribution in [2.75, 3.05) is 6.54 Å². The average molecular weight is 272 g/mol. The van der Waals surface area contributed by atoms with Gasteiger partial charge in [0, 0.05) is 24.7 Å². The van der Waals surface area contributed by atoms with Crippen molar-refractivity contribution in [2.45, 2.75) is 51.5 Å². The van der Waals surface area contributed by atoms with Gasteiger partial charge < -0.3 is 10.3 Å². The molecule has 108 valence electrons. The van der Waals surface area contributed by atoms with Crippen molar-refractivity contribution in [3.63, 3.8) is 0 Å². The predicted molar refractivity (Wildman–Crippen MR) is 81.6 cm³/mol. The molecule has 0 spiro atoms. The first-order valence-electron chi connectivity index (χ1n) is 7.71. The van der Waals surface area contributed by atoms with Gasteiger partial charge in [0.2, 0.25) is 0 Å². The van der Waals surface area contributed by atoms with Gasteiger partial charge in [0.15, 0.2) is 0 Å². The van der Waals surface area contributed by atoms with E-state index in [0.717, 1.165) is 30.8 Å². The molecule has 2 aromatic heterocycles. The monoisotopic (exact) mass is 272 g/mol. The van der Waals surface area contributed by atoms with Crippen LogP contribution in [0.5, 0.6) is 0 Å². The lowest BCUT2D eigenvalue weighted by Gasteiger charge is -2.38. The summed E-state index contributed by atoms with van der Waals surface area (Å²) in [5.74, 6) is 1.99. The summed E-state index contributed by atoms with van der Waals surface area (Å²) in [5, 5.41) is 0. The molecule has 2 aromatic rings. The van der Waals surface area contributed by atoms with Crippen LogP contribution in [0, 0.1) is 5.92 Å². The Labute approximate surface area is 120 Å².